The van der Waals surface area contributed by atoms with Gasteiger partial charge in [0.05, 0.1) is 11.1 Å². The molecule has 0 aliphatic carbocycles. The maximum Gasteiger partial charge on any atom is 0.269 e. The van der Waals surface area contributed by atoms with Gasteiger partial charge in [-0.25, -0.2) is 17.4 Å². The highest BCUT2D eigenvalue weighted by Crippen LogP contribution is 2.29. The van der Waals surface area contributed by atoms with E-state index in [-0.39, 0.29) is 35.8 Å². The summed E-state index contributed by atoms with van der Waals surface area (Å²) in [6, 6.07) is 3.22. The molecule has 27 heavy (non-hydrogen) atoms. The maximum absolute atomic E-state index is 13.1. The third kappa shape index (κ3) is 2.79. The monoisotopic (exact) mass is 392 g/mol. The molecule has 2 aromatic rings. The second-order valence-electron chi connectivity index (χ2n) is 6.25. The van der Waals surface area contributed by atoms with Crippen LogP contribution in [0, 0.1) is 5.95 Å². The predicted molar refractivity (Wildman–Crippen MR) is 87.3 cm³/mol. The molecule has 0 radical (unpaired) electrons. The number of imidazole rings is 1. The number of aromatic nitrogens is 2. The molecule has 1 atom stereocenters. The Morgan fingerprint density at radius 3 is 2.67 bits per heavy atom. The summed E-state index contributed by atoms with van der Waals surface area (Å²) in [7, 11) is -4.10. The fraction of sp³-hybridized carbons (Fsp3) is 0.250. The minimum absolute atomic E-state index is 0.127. The number of hydrogen-bond acceptors (Lipinski definition) is 6. The molecule has 2 aliphatic rings. The molecule has 0 saturated carbocycles. The first-order valence-corrected chi connectivity index (χ1v) is 9.44. The van der Waals surface area contributed by atoms with E-state index in [1.54, 1.807) is 0 Å². The molecule has 1 fully saturated rings. The lowest BCUT2D eigenvalue weighted by Crippen LogP contribution is -2.52. The lowest BCUT2D eigenvalue weighted by molar-refractivity contribution is -0.136. The predicted octanol–water partition coefficient (Wildman–Crippen LogP) is 0.0202. The Balaban J connectivity index is 1.66. The van der Waals surface area contributed by atoms with Gasteiger partial charge in [-0.05, 0) is 24.1 Å². The summed E-state index contributed by atoms with van der Waals surface area (Å²) in [5.41, 5.74) is 0.724. The normalized spacial score (nSPS) is 20.0. The summed E-state index contributed by atoms with van der Waals surface area (Å²) < 4.78 is 38.8. The highest BCUT2D eigenvalue weighted by Gasteiger charge is 2.39. The average molecular weight is 392 g/mol. The van der Waals surface area contributed by atoms with Gasteiger partial charge in [0.2, 0.25) is 17.8 Å². The minimum Gasteiger partial charge on any atom is -0.322 e. The van der Waals surface area contributed by atoms with Gasteiger partial charge in [0, 0.05) is 18.5 Å². The van der Waals surface area contributed by atoms with Crippen LogP contribution in [0.15, 0.2) is 35.6 Å². The number of nitrogens with one attached hydrogen (secondary N) is 1. The largest absolute Gasteiger partial charge is 0.322 e. The van der Waals surface area contributed by atoms with Crippen LogP contribution in [0.2, 0.25) is 0 Å². The number of carbonyl (C=O) groups is 3. The lowest BCUT2D eigenvalue weighted by Gasteiger charge is -2.29. The molecule has 2 aliphatic heterocycles. The van der Waals surface area contributed by atoms with Gasteiger partial charge in [0.25, 0.3) is 15.9 Å². The van der Waals surface area contributed by atoms with E-state index in [1.807, 2.05) is 0 Å². The zero-order valence-corrected chi connectivity index (χ0v) is 14.6. The Morgan fingerprint density at radius 1 is 1.22 bits per heavy atom. The van der Waals surface area contributed by atoms with Crippen LogP contribution in [-0.4, -0.2) is 46.0 Å². The van der Waals surface area contributed by atoms with Gasteiger partial charge in [0.1, 0.15) is 12.4 Å². The molecule has 4 rings (SSSR count). The van der Waals surface area contributed by atoms with E-state index in [0.29, 0.717) is 9.54 Å². The van der Waals surface area contributed by atoms with Crippen LogP contribution in [0.3, 0.4) is 0 Å². The Kier molecular flexibility index (Phi) is 3.84. The van der Waals surface area contributed by atoms with Crippen LogP contribution in [0.4, 0.5) is 4.39 Å². The first-order chi connectivity index (χ1) is 12.8. The fourth-order valence-corrected chi connectivity index (χ4v) is 4.38. The van der Waals surface area contributed by atoms with Crippen molar-refractivity contribution in [2.24, 2.45) is 0 Å². The van der Waals surface area contributed by atoms with Crippen molar-refractivity contribution in [1.82, 2.24) is 19.2 Å². The van der Waals surface area contributed by atoms with E-state index in [0.717, 1.165) is 12.5 Å². The van der Waals surface area contributed by atoms with Crippen LogP contribution in [0.5, 0.6) is 0 Å². The summed E-state index contributed by atoms with van der Waals surface area (Å²) in [5.74, 6) is -2.37. The molecule has 3 amide bonds. The Morgan fingerprint density at radius 2 is 2.00 bits per heavy atom. The molecular weight excluding hydrogens is 379 g/mol. The summed E-state index contributed by atoms with van der Waals surface area (Å²) in [5, 5.41) is 2.20. The van der Waals surface area contributed by atoms with Crippen molar-refractivity contribution in [3.8, 4) is 0 Å². The van der Waals surface area contributed by atoms with Crippen molar-refractivity contribution in [2.45, 2.75) is 30.3 Å². The number of halogens is 1. The molecule has 0 bridgehead atoms. The highest BCUT2D eigenvalue weighted by molar-refractivity contribution is 7.90. The molecular formula is C16H13FN4O5S. The van der Waals surface area contributed by atoms with E-state index in [4.69, 9.17) is 0 Å². The molecule has 11 heteroatoms. The van der Waals surface area contributed by atoms with Crippen LogP contribution >= 0.6 is 0 Å². The first-order valence-electron chi connectivity index (χ1n) is 8.00. The van der Waals surface area contributed by atoms with Crippen molar-refractivity contribution >= 4 is 27.7 Å². The molecule has 0 spiro atoms. The Bertz CT molecular complexity index is 1090. The van der Waals surface area contributed by atoms with E-state index in [2.05, 4.69) is 10.3 Å². The number of fused-ring (bicyclic) bond motifs is 1. The molecule has 3 heterocycles. The van der Waals surface area contributed by atoms with Gasteiger partial charge in [-0.1, -0.05) is 6.07 Å². The van der Waals surface area contributed by atoms with Gasteiger partial charge in [-0.3, -0.25) is 19.7 Å². The Labute approximate surface area is 152 Å². The number of imide groups is 1. The van der Waals surface area contributed by atoms with Gasteiger partial charge in [-0.2, -0.15) is 4.39 Å². The highest BCUT2D eigenvalue weighted by atomic mass is 32.2. The van der Waals surface area contributed by atoms with E-state index in [9.17, 15) is 27.2 Å². The third-order valence-electron chi connectivity index (χ3n) is 4.60. The standard InChI is InChI=1S/C16H13FN4O5S/c17-13-7-20(8-18-13)27(25,26)10-2-1-9-6-21(16(24)11(9)5-10)12-3-4-14(22)19-15(12)23/h1-2,5,7-8,12H,3-4,6H2,(H,19,22,23). The average Bonchev–Trinajstić information content (AvgIpc) is 3.19. The van der Waals surface area contributed by atoms with Crippen molar-refractivity contribution in [3.63, 3.8) is 0 Å². The van der Waals surface area contributed by atoms with E-state index < -0.39 is 33.8 Å². The number of piperidine rings is 1. The van der Waals surface area contributed by atoms with E-state index >= 15 is 0 Å². The maximum atomic E-state index is 13.1. The van der Waals surface area contributed by atoms with Crippen LogP contribution in [0.1, 0.15) is 28.8 Å². The number of amides is 3. The molecule has 1 aromatic carbocycles. The molecule has 1 N–H and O–H groups in total. The molecule has 9 nitrogen and oxygen atoms in total. The number of carbonyl (C=O) groups excluding carboxylic acids is 3. The number of rotatable bonds is 3. The van der Waals surface area contributed by atoms with Crippen LogP contribution in [0.25, 0.3) is 0 Å². The second kappa shape index (κ2) is 5.98. The smallest absolute Gasteiger partial charge is 0.269 e. The summed E-state index contributed by atoms with van der Waals surface area (Å²) >= 11 is 0. The van der Waals surface area contributed by atoms with Crippen LogP contribution < -0.4 is 5.32 Å². The quantitative estimate of drug-likeness (QED) is 0.736. The summed E-state index contributed by atoms with van der Waals surface area (Å²) in [4.78, 5) is 40.4. The van der Waals surface area contributed by atoms with Gasteiger partial charge in [-0.15, -0.1) is 0 Å². The number of hydrogen-bond donors (Lipinski definition) is 1. The summed E-state index contributed by atoms with van der Waals surface area (Å²) in [6.45, 7) is 0.139. The second-order valence-corrected chi connectivity index (χ2v) is 8.09. The van der Waals surface area contributed by atoms with Crippen molar-refractivity contribution in [3.05, 3.63) is 47.8 Å². The number of nitrogens with zero attached hydrogens (tertiary/aromatic N) is 3. The topological polar surface area (TPSA) is 118 Å². The van der Waals surface area contributed by atoms with E-state index in [1.165, 1.54) is 23.1 Å². The SMILES string of the molecule is O=C1CCC(N2Cc3ccc(S(=O)(=O)n4cnc(F)c4)cc3C2=O)C(=O)N1. The molecule has 1 saturated heterocycles. The van der Waals surface area contributed by atoms with Crippen molar-refractivity contribution < 1.29 is 27.2 Å². The van der Waals surface area contributed by atoms with Gasteiger partial charge < -0.3 is 4.90 Å². The third-order valence-corrected chi connectivity index (χ3v) is 6.21. The van der Waals surface area contributed by atoms with Gasteiger partial charge in [0.15, 0.2) is 0 Å². The van der Waals surface area contributed by atoms with Crippen molar-refractivity contribution in [2.75, 3.05) is 0 Å². The fourth-order valence-electron chi connectivity index (χ4n) is 3.23. The molecule has 140 valence electrons. The summed E-state index contributed by atoms with van der Waals surface area (Å²) in [6.07, 6.45) is 1.89. The molecule has 1 unspecified atom stereocenters. The van der Waals surface area contributed by atoms with Crippen molar-refractivity contribution in [1.29, 1.82) is 0 Å². The number of benzene rings is 1. The zero-order chi connectivity index (χ0) is 19.3. The zero-order valence-electron chi connectivity index (χ0n) is 13.8. The Hall–Kier alpha value is -3.08. The first kappa shape index (κ1) is 17.3. The van der Waals surface area contributed by atoms with Crippen LogP contribution in [-0.2, 0) is 26.2 Å². The van der Waals surface area contributed by atoms with Gasteiger partial charge >= 0.3 is 0 Å². The molecule has 1 aromatic heterocycles. The lowest BCUT2D eigenvalue weighted by atomic mass is 10.0. The minimum atomic E-state index is -4.10.